The van der Waals surface area contributed by atoms with Gasteiger partial charge >= 0.3 is 0 Å². The molecule has 10 heavy (non-hydrogen) atoms. The zero-order chi connectivity index (χ0) is 7.89. The Bertz CT molecular complexity index is 174. The molecule has 0 amide bonds. The Morgan fingerprint density at radius 2 is 1.50 bits per heavy atom. The van der Waals surface area contributed by atoms with Crippen LogP contribution in [0.1, 0.15) is 0 Å². The van der Waals surface area contributed by atoms with Crippen LogP contribution < -0.4 is 0 Å². The number of hydrogen-bond acceptors (Lipinski definition) is 4. The van der Waals surface area contributed by atoms with Crippen LogP contribution in [0.15, 0.2) is 0 Å². The van der Waals surface area contributed by atoms with Gasteiger partial charge in [-0.3, -0.25) is 9.59 Å². The zero-order valence-corrected chi connectivity index (χ0v) is 6.34. The molecule has 1 aliphatic heterocycles. The molecule has 0 radical (unpaired) electrons. The fourth-order valence-corrected chi connectivity index (χ4v) is 2.18. The Morgan fingerprint density at radius 1 is 1.20 bits per heavy atom. The van der Waals surface area contributed by atoms with Gasteiger partial charge in [0.1, 0.15) is 7.27 Å². The lowest BCUT2D eigenvalue weighted by molar-refractivity contribution is -0.129. The summed E-state index contributed by atoms with van der Waals surface area (Å²) in [7, 11) is -1.97. The van der Waals surface area contributed by atoms with Gasteiger partial charge in [-0.05, 0) is 0 Å². The van der Waals surface area contributed by atoms with Crippen molar-refractivity contribution in [2.24, 2.45) is 0 Å². The van der Waals surface area contributed by atoms with Gasteiger partial charge in [0.25, 0.3) is 0 Å². The molecule has 56 valence electrons. The van der Waals surface area contributed by atoms with E-state index in [1.165, 1.54) is 0 Å². The molecule has 0 saturated carbocycles. The van der Waals surface area contributed by atoms with Gasteiger partial charge in [-0.1, -0.05) is 11.2 Å². The van der Waals surface area contributed by atoms with E-state index in [-0.39, 0.29) is 0 Å². The van der Waals surface area contributed by atoms with Gasteiger partial charge in [-0.15, -0.1) is 0 Å². The first kappa shape index (κ1) is 8.08. The molecule has 1 fully saturated rings. The SMILES string of the molecule is O=C1C(O)C(O)C(=O)P1Cl. The maximum Gasteiger partial charge on any atom is 0.208 e. The second-order valence-corrected chi connectivity index (χ2v) is 4.30. The van der Waals surface area contributed by atoms with Gasteiger partial charge < -0.3 is 10.2 Å². The molecule has 1 rings (SSSR count). The first-order chi connectivity index (χ1) is 4.55. The largest absolute Gasteiger partial charge is 0.382 e. The van der Waals surface area contributed by atoms with Crippen LogP contribution >= 0.6 is 18.5 Å². The average molecular weight is 182 g/mol. The van der Waals surface area contributed by atoms with E-state index >= 15 is 0 Å². The van der Waals surface area contributed by atoms with Crippen LogP contribution in [0, 0.1) is 0 Å². The molecule has 0 spiro atoms. The number of hydrogen-bond donors (Lipinski definition) is 2. The van der Waals surface area contributed by atoms with Crippen LogP contribution in [0.4, 0.5) is 0 Å². The molecule has 0 aromatic rings. The third-order valence-electron chi connectivity index (χ3n) is 1.19. The summed E-state index contributed by atoms with van der Waals surface area (Å²) in [6.07, 6.45) is -3.20. The van der Waals surface area contributed by atoms with Crippen molar-refractivity contribution < 1.29 is 19.8 Å². The van der Waals surface area contributed by atoms with Crippen molar-refractivity contribution in [3.8, 4) is 0 Å². The highest BCUT2D eigenvalue weighted by molar-refractivity contribution is 8.09. The van der Waals surface area contributed by atoms with Crippen molar-refractivity contribution in [1.29, 1.82) is 0 Å². The minimum atomic E-state index is -1.97. The van der Waals surface area contributed by atoms with Gasteiger partial charge in [0.15, 0.2) is 12.2 Å². The number of aliphatic hydroxyl groups is 2. The minimum absolute atomic E-state index is 0.755. The summed E-state index contributed by atoms with van der Waals surface area (Å²) < 4.78 is 0. The van der Waals surface area contributed by atoms with Crippen LogP contribution in [-0.2, 0) is 9.59 Å². The summed E-state index contributed by atoms with van der Waals surface area (Å²) in [6.45, 7) is 0. The number of carbonyl (C=O) groups excluding carboxylic acids is 2. The van der Waals surface area contributed by atoms with Crippen LogP contribution in [0.5, 0.6) is 0 Å². The van der Waals surface area contributed by atoms with E-state index in [0.29, 0.717) is 0 Å². The first-order valence-corrected chi connectivity index (χ1v) is 4.70. The van der Waals surface area contributed by atoms with Crippen molar-refractivity contribution >= 4 is 29.6 Å². The fourth-order valence-electron chi connectivity index (χ4n) is 0.611. The highest BCUT2D eigenvalue weighted by Gasteiger charge is 2.47. The van der Waals surface area contributed by atoms with Gasteiger partial charge in [0, 0.05) is 0 Å². The van der Waals surface area contributed by atoms with Crippen LogP contribution in [0.25, 0.3) is 0 Å². The highest BCUT2D eigenvalue weighted by Crippen LogP contribution is 2.50. The Balaban J connectivity index is 2.89. The van der Waals surface area contributed by atoms with Gasteiger partial charge in [0.05, 0.1) is 0 Å². The molecule has 2 unspecified atom stereocenters. The van der Waals surface area contributed by atoms with E-state index in [4.69, 9.17) is 21.5 Å². The van der Waals surface area contributed by atoms with E-state index < -0.39 is 30.5 Å². The standard InChI is InChI=1S/C4H4ClO4P/c5-10-3(8)1(6)2(7)4(10)9/h1-2,6-7H. The van der Waals surface area contributed by atoms with Gasteiger partial charge in [-0.25, -0.2) is 0 Å². The lowest BCUT2D eigenvalue weighted by atomic mass is 10.2. The van der Waals surface area contributed by atoms with Crippen molar-refractivity contribution in [1.82, 2.24) is 0 Å². The number of aliphatic hydroxyl groups excluding tert-OH is 2. The van der Waals surface area contributed by atoms with Gasteiger partial charge in [0.2, 0.25) is 11.0 Å². The highest BCUT2D eigenvalue weighted by atomic mass is 35.7. The smallest absolute Gasteiger partial charge is 0.208 e. The predicted molar refractivity (Wildman–Crippen MR) is 34.8 cm³/mol. The number of rotatable bonds is 0. The minimum Gasteiger partial charge on any atom is -0.382 e. The molecule has 1 saturated heterocycles. The first-order valence-electron chi connectivity index (χ1n) is 2.45. The lowest BCUT2D eigenvalue weighted by Gasteiger charge is -1.99. The second kappa shape index (κ2) is 2.55. The molecule has 2 N–H and O–H groups in total. The van der Waals surface area contributed by atoms with E-state index in [1.54, 1.807) is 0 Å². The summed E-state index contributed by atoms with van der Waals surface area (Å²) in [5.41, 5.74) is -1.51. The summed E-state index contributed by atoms with van der Waals surface area (Å²) in [4.78, 5) is 21.2. The average Bonchev–Trinajstić information content (AvgIpc) is 2.07. The fraction of sp³-hybridized carbons (Fsp3) is 0.500. The normalized spacial score (nSPS) is 40.9. The van der Waals surface area contributed by atoms with E-state index in [1.807, 2.05) is 0 Å². The third kappa shape index (κ3) is 0.974. The van der Waals surface area contributed by atoms with Crippen LogP contribution in [0.2, 0.25) is 0 Å². The third-order valence-corrected chi connectivity index (χ3v) is 3.49. The maximum atomic E-state index is 10.6. The van der Waals surface area contributed by atoms with Gasteiger partial charge in [-0.2, -0.15) is 0 Å². The molecule has 1 aliphatic rings. The Labute approximate surface area is 62.3 Å². The lowest BCUT2D eigenvalue weighted by Crippen LogP contribution is -2.27. The molecular formula is C4H4ClO4P. The molecule has 0 bridgehead atoms. The number of halogens is 1. The Hall–Kier alpha value is -0.0200. The molecule has 0 aromatic heterocycles. The molecule has 2 atom stereocenters. The Morgan fingerprint density at radius 3 is 1.60 bits per heavy atom. The van der Waals surface area contributed by atoms with Crippen molar-refractivity contribution in [2.45, 2.75) is 12.2 Å². The van der Waals surface area contributed by atoms with Crippen molar-refractivity contribution in [2.75, 3.05) is 0 Å². The van der Waals surface area contributed by atoms with E-state index in [9.17, 15) is 9.59 Å². The monoisotopic (exact) mass is 182 g/mol. The molecular weight excluding hydrogens is 178 g/mol. The number of carbonyl (C=O) groups is 2. The summed E-state index contributed by atoms with van der Waals surface area (Å²) in [5.74, 6) is 0. The van der Waals surface area contributed by atoms with Crippen molar-refractivity contribution in [3.63, 3.8) is 0 Å². The van der Waals surface area contributed by atoms with E-state index in [2.05, 4.69) is 0 Å². The maximum absolute atomic E-state index is 10.6. The molecule has 4 nitrogen and oxygen atoms in total. The molecule has 6 heteroatoms. The summed E-state index contributed by atoms with van der Waals surface area (Å²) >= 11 is 5.25. The van der Waals surface area contributed by atoms with E-state index in [0.717, 1.165) is 0 Å². The van der Waals surface area contributed by atoms with Crippen LogP contribution in [-0.4, -0.2) is 33.5 Å². The zero-order valence-electron chi connectivity index (χ0n) is 4.69. The molecule has 0 aromatic carbocycles. The van der Waals surface area contributed by atoms with Crippen LogP contribution in [0.3, 0.4) is 0 Å². The predicted octanol–water partition coefficient (Wildman–Crippen LogP) is -0.589. The van der Waals surface area contributed by atoms with Crippen molar-refractivity contribution in [3.05, 3.63) is 0 Å². The Kier molecular flexibility index (Phi) is 2.06. The summed E-state index contributed by atoms with van der Waals surface area (Å²) in [6, 6.07) is 0. The molecule has 0 aliphatic carbocycles. The summed E-state index contributed by atoms with van der Waals surface area (Å²) in [5, 5.41) is 17.4. The second-order valence-electron chi connectivity index (χ2n) is 1.85. The quantitative estimate of drug-likeness (QED) is 0.491. The molecule has 1 heterocycles. The topological polar surface area (TPSA) is 74.6 Å².